The fraction of sp³-hybridized carbons (Fsp3) is 0.160. The maximum absolute atomic E-state index is 13.5. The summed E-state index contributed by atoms with van der Waals surface area (Å²) >= 11 is 0. The zero-order valence-corrected chi connectivity index (χ0v) is 16.6. The molecule has 4 rings (SSSR count). The Hall–Kier alpha value is -3.60. The maximum atomic E-state index is 13.5. The number of aliphatic hydroxyl groups is 1. The summed E-state index contributed by atoms with van der Waals surface area (Å²) in [4.78, 5) is 14.7. The van der Waals surface area contributed by atoms with Gasteiger partial charge in [0.15, 0.2) is 5.76 Å². The van der Waals surface area contributed by atoms with Gasteiger partial charge in [-0.05, 0) is 47.4 Å². The van der Waals surface area contributed by atoms with Crippen molar-refractivity contribution in [3.63, 3.8) is 0 Å². The molecule has 0 aromatic heterocycles. The fourth-order valence-electron chi connectivity index (χ4n) is 3.84. The number of aliphatic hydroxyl groups excluding tert-OH is 1. The molecule has 3 aromatic rings. The van der Waals surface area contributed by atoms with Crippen molar-refractivity contribution in [2.24, 2.45) is 0 Å². The van der Waals surface area contributed by atoms with Crippen LogP contribution in [0.1, 0.15) is 22.7 Å². The van der Waals surface area contributed by atoms with Crippen molar-refractivity contribution < 1.29 is 19.0 Å². The number of nitrogens with zero attached hydrogens (tertiary/aromatic N) is 1. The summed E-state index contributed by atoms with van der Waals surface area (Å²) in [6, 6.07) is 22.6. The Labute approximate surface area is 174 Å². The minimum absolute atomic E-state index is 0.275. The van der Waals surface area contributed by atoms with Crippen molar-refractivity contribution >= 4 is 11.5 Å². The second-order valence-corrected chi connectivity index (χ2v) is 7.18. The van der Waals surface area contributed by atoms with E-state index in [1.165, 1.54) is 12.1 Å². The lowest BCUT2D eigenvalue weighted by molar-refractivity contribution is -0.129. The third kappa shape index (κ3) is 3.79. The van der Waals surface area contributed by atoms with Crippen LogP contribution in [0.3, 0.4) is 0 Å². The highest BCUT2D eigenvalue weighted by molar-refractivity contribution is 6.05. The van der Waals surface area contributed by atoms with Gasteiger partial charge in [0.1, 0.15) is 11.6 Å². The highest BCUT2D eigenvalue weighted by atomic mass is 19.1. The standard InChI is InChI=1S/C25H22FNO3/c1-30-21-13-9-18(10-14-21)22-23(19-7-11-20(26)12-8-19)27(25(29)24(22)28)16-15-17-5-3-2-4-6-17/h2-14,23,28H,15-16H2,1H3. The Morgan fingerprint density at radius 3 is 2.27 bits per heavy atom. The third-order valence-corrected chi connectivity index (χ3v) is 5.37. The minimum Gasteiger partial charge on any atom is -0.503 e. The van der Waals surface area contributed by atoms with Crippen LogP contribution < -0.4 is 4.74 Å². The molecular formula is C25H22FNO3. The third-order valence-electron chi connectivity index (χ3n) is 5.37. The van der Waals surface area contributed by atoms with Crippen molar-refractivity contribution in [1.29, 1.82) is 0 Å². The smallest absolute Gasteiger partial charge is 0.289 e. The Bertz CT molecular complexity index is 1060. The highest BCUT2D eigenvalue weighted by Gasteiger charge is 2.40. The van der Waals surface area contributed by atoms with E-state index in [2.05, 4.69) is 0 Å². The van der Waals surface area contributed by atoms with E-state index < -0.39 is 11.9 Å². The normalized spacial score (nSPS) is 16.3. The summed E-state index contributed by atoms with van der Waals surface area (Å²) in [5, 5.41) is 10.8. The van der Waals surface area contributed by atoms with E-state index in [1.807, 2.05) is 42.5 Å². The molecule has 1 N–H and O–H groups in total. The Morgan fingerprint density at radius 1 is 0.967 bits per heavy atom. The number of carbonyl (C=O) groups is 1. The minimum atomic E-state index is -0.504. The molecule has 1 atom stereocenters. The van der Waals surface area contributed by atoms with Crippen molar-refractivity contribution in [2.75, 3.05) is 13.7 Å². The molecule has 0 aliphatic carbocycles. The molecule has 1 aliphatic rings. The van der Waals surface area contributed by atoms with Gasteiger partial charge in [-0.25, -0.2) is 4.39 Å². The molecule has 1 unspecified atom stereocenters. The first-order chi connectivity index (χ1) is 14.6. The van der Waals surface area contributed by atoms with Gasteiger partial charge < -0.3 is 14.7 Å². The van der Waals surface area contributed by atoms with Crippen LogP contribution in [0.4, 0.5) is 4.39 Å². The molecule has 0 radical (unpaired) electrons. The summed E-state index contributed by atoms with van der Waals surface area (Å²) in [5.74, 6) is -0.367. The van der Waals surface area contributed by atoms with Gasteiger partial charge in [-0.15, -0.1) is 0 Å². The van der Waals surface area contributed by atoms with Gasteiger partial charge in [-0.3, -0.25) is 4.79 Å². The van der Waals surface area contributed by atoms with Crippen molar-refractivity contribution in [1.82, 2.24) is 4.90 Å². The lowest BCUT2D eigenvalue weighted by Crippen LogP contribution is -2.32. The van der Waals surface area contributed by atoms with Crippen molar-refractivity contribution in [3.05, 3.63) is 107 Å². The first-order valence-electron chi connectivity index (χ1n) is 9.76. The van der Waals surface area contributed by atoms with Crippen LogP contribution in [0.5, 0.6) is 5.75 Å². The Balaban J connectivity index is 1.72. The van der Waals surface area contributed by atoms with E-state index in [9.17, 15) is 14.3 Å². The van der Waals surface area contributed by atoms with Gasteiger partial charge in [-0.1, -0.05) is 54.6 Å². The SMILES string of the molecule is COc1ccc(C2=C(O)C(=O)N(CCc3ccccc3)C2c2ccc(F)cc2)cc1. The molecule has 152 valence electrons. The molecule has 0 fully saturated rings. The van der Waals surface area contributed by atoms with Gasteiger partial charge in [0.05, 0.1) is 13.2 Å². The largest absolute Gasteiger partial charge is 0.503 e. The number of amides is 1. The lowest BCUT2D eigenvalue weighted by atomic mass is 9.93. The van der Waals surface area contributed by atoms with Gasteiger partial charge in [0.25, 0.3) is 5.91 Å². The predicted octanol–water partition coefficient (Wildman–Crippen LogP) is 4.93. The first-order valence-corrected chi connectivity index (χ1v) is 9.76. The monoisotopic (exact) mass is 403 g/mol. The Kier molecular flexibility index (Phi) is 5.53. The van der Waals surface area contributed by atoms with Gasteiger partial charge in [0.2, 0.25) is 0 Å². The molecular weight excluding hydrogens is 381 g/mol. The summed E-state index contributed by atoms with van der Waals surface area (Å²) in [6.45, 7) is 0.425. The molecule has 1 aliphatic heterocycles. The average molecular weight is 403 g/mol. The van der Waals surface area contributed by atoms with E-state index >= 15 is 0 Å². The molecule has 1 amide bonds. The number of methoxy groups -OCH3 is 1. The van der Waals surface area contributed by atoms with E-state index in [0.29, 0.717) is 24.3 Å². The fourth-order valence-corrected chi connectivity index (χ4v) is 3.84. The number of hydrogen-bond acceptors (Lipinski definition) is 3. The lowest BCUT2D eigenvalue weighted by Gasteiger charge is -2.27. The second kappa shape index (κ2) is 8.41. The summed E-state index contributed by atoms with van der Waals surface area (Å²) in [7, 11) is 1.58. The zero-order valence-electron chi connectivity index (χ0n) is 16.6. The number of ether oxygens (including phenoxy) is 1. The molecule has 30 heavy (non-hydrogen) atoms. The van der Waals surface area contributed by atoms with Crippen LogP contribution in [0, 0.1) is 5.82 Å². The zero-order chi connectivity index (χ0) is 21.1. The molecule has 5 heteroatoms. The number of benzene rings is 3. The van der Waals surface area contributed by atoms with Crippen LogP contribution in [-0.2, 0) is 11.2 Å². The van der Waals surface area contributed by atoms with Crippen LogP contribution in [0.15, 0.2) is 84.6 Å². The molecule has 0 spiro atoms. The van der Waals surface area contributed by atoms with E-state index in [0.717, 1.165) is 16.7 Å². The van der Waals surface area contributed by atoms with E-state index in [4.69, 9.17) is 4.74 Å². The number of hydrogen-bond donors (Lipinski definition) is 1. The molecule has 3 aromatic carbocycles. The number of halogens is 1. The summed E-state index contributed by atoms with van der Waals surface area (Å²) in [6.07, 6.45) is 0.646. The Morgan fingerprint density at radius 2 is 1.63 bits per heavy atom. The quantitative estimate of drug-likeness (QED) is 0.635. The van der Waals surface area contributed by atoms with E-state index in [-0.39, 0.29) is 11.6 Å². The van der Waals surface area contributed by atoms with Gasteiger partial charge >= 0.3 is 0 Å². The topological polar surface area (TPSA) is 49.8 Å². The van der Waals surface area contributed by atoms with Crippen LogP contribution in [0.25, 0.3) is 5.57 Å². The maximum Gasteiger partial charge on any atom is 0.289 e. The summed E-state index contributed by atoms with van der Waals surface area (Å²) in [5.41, 5.74) is 3.08. The van der Waals surface area contributed by atoms with Gasteiger partial charge in [-0.2, -0.15) is 0 Å². The molecule has 0 bridgehead atoms. The predicted molar refractivity (Wildman–Crippen MR) is 114 cm³/mol. The second-order valence-electron chi connectivity index (χ2n) is 7.18. The molecule has 0 saturated carbocycles. The van der Waals surface area contributed by atoms with Crippen molar-refractivity contribution in [2.45, 2.75) is 12.5 Å². The summed E-state index contributed by atoms with van der Waals surface area (Å²) < 4.78 is 18.8. The van der Waals surface area contributed by atoms with Crippen LogP contribution in [-0.4, -0.2) is 29.6 Å². The first kappa shape index (κ1) is 19.7. The number of rotatable bonds is 6. The van der Waals surface area contributed by atoms with E-state index in [1.54, 1.807) is 36.3 Å². The van der Waals surface area contributed by atoms with Gasteiger partial charge in [0, 0.05) is 12.1 Å². The van der Waals surface area contributed by atoms with Crippen LogP contribution in [0.2, 0.25) is 0 Å². The van der Waals surface area contributed by atoms with Crippen LogP contribution >= 0.6 is 0 Å². The molecule has 4 nitrogen and oxygen atoms in total. The van der Waals surface area contributed by atoms with Crippen molar-refractivity contribution in [3.8, 4) is 5.75 Å². The highest BCUT2D eigenvalue weighted by Crippen LogP contribution is 2.43. The molecule has 0 saturated heterocycles. The number of carbonyl (C=O) groups excluding carboxylic acids is 1. The average Bonchev–Trinajstić information content (AvgIpc) is 3.04. The molecule has 1 heterocycles.